The summed E-state index contributed by atoms with van der Waals surface area (Å²) in [4.78, 5) is 0. The average Bonchev–Trinajstić information content (AvgIpc) is 4.45. The van der Waals surface area contributed by atoms with E-state index in [0.29, 0.717) is 36.3 Å². The Kier molecular flexibility index (Phi) is 20.9. The van der Waals surface area contributed by atoms with E-state index in [-0.39, 0.29) is 30.3 Å². The molecular formula is C67H75Cl2N3O4. The zero-order valence-electron chi connectivity index (χ0n) is 44.5. The van der Waals surface area contributed by atoms with Gasteiger partial charge in [-0.3, -0.25) is 0 Å². The number of halogens is 2. The van der Waals surface area contributed by atoms with Gasteiger partial charge in [0, 0.05) is 49.7 Å². The second-order valence-electron chi connectivity index (χ2n) is 20.6. The molecule has 8 aromatic carbocycles. The topological polar surface area (TPSA) is 122 Å². The van der Waals surface area contributed by atoms with E-state index < -0.39 is 5.41 Å². The van der Waals surface area contributed by atoms with Crippen molar-refractivity contribution in [1.82, 2.24) is 5.32 Å². The number of ether oxygens (including phenoxy) is 2. The number of aliphatic hydroxyl groups is 2. The Labute approximate surface area is 462 Å². The first kappa shape index (κ1) is 57.9. The number of fused-ring (bicyclic) bond motifs is 5. The highest BCUT2D eigenvalue weighted by molar-refractivity contribution is 6.18. The molecule has 9 heteroatoms. The molecule has 3 saturated carbocycles. The molecule has 7 atom stereocenters. The minimum Gasteiger partial charge on any atom is -0.396 e. The molecule has 3 heterocycles. The number of nitrogens with one attached hydrogen (secondary N) is 1. The van der Waals surface area contributed by atoms with Crippen molar-refractivity contribution in [2.45, 2.75) is 88.1 Å². The highest BCUT2D eigenvalue weighted by atomic mass is 35.5. The Morgan fingerprint density at radius 1 is 0.605 bits per heavy atom. The summed E-state index contributed by atoms with van der Waals surface area (Å²) >= 11 is 5.27. The number of nitriles is 2. The molecule has 0 spiro atoms. The molecule has 6 fully saturated rings. The van der Waals surface area contributed by atoms with Gasteiger partial charge in [0.1, 0.15) is 0 Å². The van der Waals surface area contributed by atoms with Gasteiger partial charge in [0.2, 0.25) is 0 Å². The van der Waals surface area contributed by atoms with Gasteiger partial charge in [-0.25, -0.2) is 0 Å². The number of alkyl halides is 1. The van der Waals surface area contributed by atoms with Crippen LogP contribution in [0.3, 0.4) is 0 Å². The second-order valence-corrected chi connectivity index (χ2v) is 20.9. The predicted molar refractivity (Wildman–Crippen MR) is 317 cm³/mol. The Bertz CT molecular complexity index is 3210. The molecule has 0 aromatic heterocycles. The van der Waals surface area contributed by atoms with Crippen LogP contribution in [0.15, 0.2) is 170 Å². The summed E-state index contributed by atoms with van der Waals surface area (Å²) in [6.45, 7) is 11.9. The molecule has 7 nitrogen and oxygen atoms in total. The molecular weight excluding hydrogens is 982 g/mol. The van der Waals surface area contributed by atoms with E-state index in [2.05, 4.69) is 158 Å². The van der Waals surface area contributed by atoms with Crippen molar-refractivity contribution in [3.05, 3.63) is 192 Å². The van der Waals surface area contributed by atoms with E-state index in [1.54, 1.807) is 5.56 Å². The molecule has 0 radical (unpaired) electrons. The number of piperidine rings is 1. The molecule has 396 valence electrons. The number of hydrogen-bond acceptors (Lipinski definition) is 7. The summed E-state index contributed by atoms with van der Waals surface area (Å²) in [6, 6.07) is 63.9. The molecule has 3 aliphatic carbocycles. The van der Waals surface area contributed by atoms with E-state index in [0.717, 1.165) is 61.5 Å². The monoisotopic (exact) mass is 1060 g/mol. The van der Waals surface area contributed by atoms with Crippen molar-refractivity contribution >= 4 is 67.1 Å². The maximum Gasteiger partial charge on any atom is 0.0944 e. The quantitative estimate of drug-likeness (QED) is 0.102. The lowest BCUT2D eigenvalue weighted by molar-refractivity contribution is 0.198. The predicted octanol–water partition coefficient (Wildman–Crippen LogP) is 14.6. The van der Waals surface area contributed by atoms with Crippen LogP contribution in [0.25, 0.3) is 43.1 Å². The van der Waals surface area contributed by atoms with Crippen molar-refractivity contribution in [3.63, 3.8) is 0 Å². The van der Waals surface area contributed by atoms with Crippen molar-refractivity contribution in [2.75, 3.05) is 52.0 Å². The highest BCUT2D eigenvalue weighted by Crippen LogP contribution is 2.58. The first-order chi connectivity index (χ1) is 36.8. The molecule has 14 rings (SSSR count). The molecule has 3 N–H and O–H groups in total. The number of nitrogens with zero attached hydrogens (tertiary/aromatic N) is 2. The second kappa shape index (κ2) is 27.5. The van der Waals surface area contributed by atoms with Gasteiger partial charge >= 0.3 is 0 Å². The molecule has 0 bridgehead atoms. The number of hydrogen-bond donors (Lipinski definition) is 3. The summed E-state index contributed by atoms with van der Waals surface area (Å²) in [6.07, 6.45) is 7.87. The molecule has 6 aliphatic rings. The molecule has 8 aromatic rings. The van der Waals surface area contributed by atoms with E-state index in [9.17, 15) is 15.5 Å². The van der Waals surface area contributed by atoms with Crippen LogP contribution in [0.2, 0.25) is 0 Å². The van der Waals surface area contributed by atoms with Crippen LogP contribution in [0.1, 0.15) is 81.5 Å². The fraction of sp³-hybridized carbons (Fsp3) is 0.373. The molecule has 3 saturated heterocycles. The van der Waals surface area contributed by atoms with Crippen LogP contribution in [-0.4, -0.2) is 68.3 Å². The van der Waals surface area contributed by atoms with Crippen molar-refractivity contribution in [2.24, 2.45) is 17.8 Å². The van der Waals surface area contributed by atoms with Gasteiger partial charge in [-0.15, -0.1) is 24.0 Å². The zero-order valence-corrected chi connectivity index (χ0v) is 46.0. The smallest absolute Gasteiger partial charge is 0.0944 e. The van der Waals surface area contributed by atoms with Gasteiger partial charge in [-0.1, -0.05) is 185 Å². The van der Waals surface area contributed by atoms with E-state index in [1.807, 2.05) is 50.2 Å². The third-order valence-electron chi connectivity index (χ3n) is 16.1. The summed E-state index contributed by atoms with van der Waals surface area (Å²) in [5.74, 6) is 2.14. The third kappa shape index (κ3) is 13.8. The molecule has 0 amide bonds. The number of rotatable bonds is 8. The van der Waals surface area contributed by atoms with Gasteiger partial charge < -0.3 is 25.0 Å². The Hall–Kier alpha value is -5.84. The standard InChI is InChI=1S/C16H18O.C15H13NO.C15H15N.C12H9N.C4H8O.C3H5ClO.C2H6.ClH/c1-2-16(10-15(16)11-17)14-8-7-12-5-3-4-6-13(12)9-14;16-10-15(8-14(15)9-17)13-6-5-11-3-1-2-4-12(11)7-13;1-2-4-12-7-13(6-5-11(12)3-1)15-8-14(15)9-16-10-15;13-8-7-10-5-6-11-3-1-2-4-12(11)9-10;1-2-4-5-3-1;4-1-3-2-5-3;1-2;/h3-9,15,17H,2,10-11H2,1H3;1-7,14,17H,8-9H2;1-7,14,16H,8-10H2;1-6,9H,7H2;1-4H2;3H,1-2H2;1-2H3;1H/t15-,16-;2*14-,15+;;;3-;;/m111..1../s1. The lowest BCUT2D eigenvalue weighted by Crippen LogP contribution is -2.19. The summed E-state index contributed by atoms with van der Waals surface area (Å²) < 4.78 is 9.67. The largest absolute Gasteiger partial charge is 0.396 e. The lowest BCUT2D eigenvalue weighted by atomic mass is 9.89. The Morgan fingerprint density at radius 3 is 1.46 bits per heavy atom. The van der Waals surface area contributed by atoms with Crippen molar-refractivity contribution in [1.29, 1.82) is 10.5 Å². The third-order valence-corrected chi connectivity index (χ3v) is 16.4. The summed E-state index contributed by atoms with van der Waals surface area (Å²) in [7, 11) is 0. The fourth-order valence-corrected chi connectivity index (χ4v) is 11.3. The zero-order chi connectivity index (χ0) is 52.7. The van der Waals surface area contributed by atoms with E-state index in [1.165, 1.54) is 75.6 Å². The van der Waals surface area contributed by atoms with Gasteiger partial charge in [0.15, 0.2) is 0 Å². The maximum absolute atomic E-state index is 9.35. The van der Waals surface area contributed by atoms with Crippen molar-refractivity contribution in [3.8, 4) is 12.1 Å². The Morgan fingerprint density at radius 2 is 1.08 bits per heavy atom. The highest BCUT2D eigenvalue weighted by Gasteiger charge is 2.58. The van der Waals surface area contributed by atoms with E-state index >= 15 is 0 Å². The summed E-state index contributed by atoms with van der Waals surface area (Å²) in [5.41, 5.74) is 5.36. The normalized spacial score (nSPS) is 24.3. The van der Waals surface area contributed by atoms with Gasteiger partial charge in [0.25, 0.3) is 0 Å². The van der Waals surface area contributed by atoms with E-state index in [4.69, 9.17) is 26.3 Å². The minimum atomic E-state index is -0.446. The minimum absolute atomic E-state index is 0. The first-order valence-corrected chi connectivity index (χ1v) is 27.8. The molecule has 0 unspecified atom stereocenters. The fourth-order valence-electron chi connectivity index (χ4n) is 11.1. The number of epoxide rings is 1. The van der Waals surface area contributed by atoms with Crippen LogP contribution >= 0.6 is 24.0 Å². The van der Waals surface area contributed by atoms with Crippen LogP contribution < -0.4 is 5.32 Å². The van der Waals surface area contributed by atoms with Gasteiger partial charge in [-0.2, -0.15) is 10.5 Å². The first-order valence-electron chi connectivity index (χ1n) is 27.2. The Balaban J connectivity index is 0.000000137. The number of benzene rings is 8. The van der Waals surface area contributed by atoms with Gasteiger partial charge in [0.05, 0.1) is 42.6 Å². The van der Waals surface area contributed by atoms with Crippen LogP contribution in [0, 0.1) is 40.4 Å². The van der Waals surface area contributed by atoms with Crippen molar-refractivity contribution < 1.29 is 19.7 Å². The average molecular weight is 1060 g/mol. The SMILES string of the molecule is C1CCOC1.CC.CC[C@]1(c2ccc3ccccc3c2)C[C@@H]1CO.Cl.ClC[C@@H]1CO1.N#CCc1ccc2ccccc2c1.N#C[C@]1(c2ccc3ccccc3c2)C[C@@H]1CO.c1ccc2cc([C@]34CNC[C@H]3C4)ccc2c1. The molecule has 76 heavy (non-hydrogen) atoms. The van der Waals surface area contributed by atoms with Gasteiger partial charge in [-0.05, 0) is 128 Å². The maximum atomic E-state index is 9.35. The van der Waals surface area contributed by atoms with Crippen LogP contribution in [0.5, 0.6) is 0 Å². The number of aliphatic hydroxyl groups excluding tert-OH is 2. The molecule has 3 aliphatic heterocycles. The van der Waals surface area contributed by atoms with Crippen LogP contribution in [0.4, 0.5) is 0 Å². The summed E-state index contributed by atoms with van der Waals surface area (Å²) in [5, 5.41) is 50.0. The lowest BCUT2D eigenvalue weighted by Gasteiger charge is -2.16. The van der Waals surface area contributed by atoms with Crippen LogP contribution in [-0.2, 0) is 32.1 Å².